The number of rotatable bonds is 4. The third-order valence-electron chi connectivity index (χ3n) is 7.03. The van der Waals surface area contributed by atoms with E-state index in [0.29, 0.717) is 17.0 Å². The minimum Gasteiger partial charge on any atom is -0.491 e. The maximum absolute atomic E-state index is 14.5. The molecule has 2 aromatic rings. The van der Waals surface area contributed by atoms with Crippen molar-refractivity contribution in [1.29, 1.82) is 0 Å². The Labute approximate surface area is 216 Å². The van der Waals surface area contributed by atoms with Gasteiger partial charge >= 0.3 is 0 Å². The molecule has 2 aliphatic rings. The van der Waals surface area contributed by atoms with E-state index in [2.05, 4.69) is 5.32 Å². The second-order valence-corrected chi connectivity index (χ2v) is 10.0. The van der Waals surface area contributed by atoms with Gasteiger partial charge in [-0.2, -0.15) is 0 Å². The standard InChI is InChI=1S/C28H34FN3O5/c1-17-14-32(28(35)21-7-5-6-8-23(21)29)18(2)16-37-24-12-11-20(30-26(33)19-9-10-19)13-22(24)27(34)31(3)15-25(17)36-4/h5-8,11-13,17-19,25H,9-10,14-16H2,1-4H3,(H,30,33)/t17-,18+,25-/m1/s1. The van der Waals surface area contributed by atoms with Crippen LogP contribution < -0.4 is 10.1 Å². The Hall–Kier alpha value is -3.46. The van der Waals surface area contributed by atoms with Crippen LogP contribution in [0, 0.1) is 17.7 Å². The maximum Gasteiger partial charge on any atom is 0.257 e. The van der Waals surface area contributed by atoms with Crippen molar-refractivity contribution in [3.8, 4) is 5.75 Å². The molecule has 1 heterocycles. The molecule has 4 rings (SSSR count). The van der Waals surface area contributed by atoms with Gasteiger partial charge in [-0.05, 0) is 50.1 Å². The van der Waals surface area contributed by atoms with Crippen molar-refractivity contribution in [3.05, 3.63) is 59.4 Å². The first kappa shape index (κ1) is 26.6. The zero-order chi connectivity index (χ0) is 26.7. The van der Waals surface area contributed by atoms with E-state index in [1.54, 1.807) is 54.3 Å². The van der Waals surface area contributed by atoms with Gasteiger partial charge in [0.1, 0.15) is 18.2 Å². The van der Waals surface area contributed by atoms with Crippen molar-refractivity contribution in [2.75, 3.05) is 39.2 Å². The molecular weight excluding hydrogens is 477 g/mol. The molecule has 1 N–H and O–H groups in total. The van der Waals surface area contributed by atoms with E-state index in [9.17, 15) is 18.8 Å². The molecule has 3 atom stereocenters. The highest BCUT2D eigenvalue weighted by atomic mass is 19.1. The second-order valence-electron chi connectivity index (χ2n) is 10.0. The number of hydrogen-bond acceptors (Lipinski definition) is 5. The third-order valence-corrected chi connectivity index (χ3v) is 7.03. The summed E-state index contributed by atoms with van der Waals surface area (Å²) in [4.78, 5) is 42.3. The van der Waals surface area contributed by atoms with E-state index in [1.165, 1.54) is 12.1 Å². The van der Waals surface area contributed by atoms with Crippen LogP contribution in [0.2, 0.25) is 0 Å². The first-order valence-corrected chi connectivity index (χ1v) is 12.6. The van der Waals surface area contributed by atoms with Gasteiger partial charge in [-0.3, -0.25) is 14.4 Å². The van der Waals surface area contributed by atoms with Crippen LogP contribution in [0.3, 0.4) is 0 Å². The number of anilines is 1. The number of fused-ring (bicyclic) bond motifs is 1. The number of nitrogens with one attached hydrogen (secondary N) is 1. The first-order chi connectivity index (χ1) is 17.7. The summed E-state index contributed by atoms with van der Waals surface area (Å²) in [6.07, 6.45) is 1.37. The van der Waals surface area contributed by atoms with Crippen LogP contribution in [0.4, 0.5) is 10.1 Å². The van der Waals surface area contributed by atoms with Gasteiger partial charge < -0.3 is 24.6 Å². The predicted octanol–water partition coefficient (Wildman–Crippen LogP) is 3.82. The summed E-state index contributed by atoms with van der Waals surface area (Å²) in [6, 6.07) is 10.5. The first-order valence-electron chi connectivity index (χ1n) is 12.6. The summed E-state index contributed by atoms with van der Waals surface area (Å²) in [7, 11) is 3.25. The Morgan fingerprint density at radius 1 is 1.11 bits per heavy atom. The van der Waals surface area contributed by atoms with Gasteiger partial charge in [0.2, 0.25) is 5.91 Å². The van der Waals surface area contributed by atoms with Gasteiger partial charge in [0.05, 0.1) is 23.3 Å². The fourth-order valence-corrected chi connectivity index (χ4v) is 4.52. The molecule has 198 valence electrons. The van der Waals surface area contributed by atoms with Crippen LogP contribution in [-0.2, 0) is 9.53 Å². The van der Waals surface area contributed by atoms with Crippen molar-refractivity contribution in [2.45, 2.75) is 38.8 Å². The number of hydrogen-bond donors (Lipinski definition) is 1. The average Bonchev–Trinajstić information content (AvgIpc) is 3.74. The number of ether oxygens (including phenoxy) is 2. The number of halogens is 1. The van der Waals surface area contributed by atoms with Gasteiger partial charge in [-0.25, -0.2) is 4.39 Å². The highest BCUT2D eigenvalue weighted by Crippen LogP contribution is 2.32. The lowest BCUT2D eigenvalue weighted by Crippen LogP contribution is -2.48. The lowest BCUT2D eigenvalue weighted by atomic mass is 10.0. The fourth-order valence-electron chi connectivity index (χ4n) is 4.52. The van der Waals surface area contributed by atoms with Crippen LogP contribution in [0.25, 0.3) is 0 Å². The zero-order valence-corrected chi connectivity index (χ0v) is 21.7. The normalized spacial score (nSPS) is 22.8. The molecule has 8 nitrogen and oxygen atoms in total. The number of methoxy groups -OCH3 is 1. The van der Waals surface area contributed by atoms with E-state index in [0.717, 1.165) is 12.8 Å². The molecule has 3 amide bonds. The number of carbonyl (C=O) groups excluding carboxylic acids is 3. The van der Waals surface area contributed by atoms with Gasteiger partial charge in [-0.1, -0.05) is 19.1 Å². The van der Waals surface area contributed by atoms with E-state index in [-0.39, 0.29) is 55.0 Å². The third kappa shape index (κ3) is 6.10. The van der Waals surface area contributed by atoms with E-state index < -0.39 is 17.8 Å². The average molecular weight is 512 g/mol. The molecule has 1 aliphatic carbocycles. The monoisotopic (exact) mass is 511 g/mol. The second kappa shape index (κ2) is 11.3. The quantitative estimate of drug-likeness (QED) is 0.674. The van der Waals surface area contributed by atoms with E-state index in [4.69, 9.17) is 9.47 Å². The summed E-state index contributed by atoms with van der Waals surface area (Å²) in [6.45, 7) is 4.41. The largest absolute Gasteiger partial charge is 0.491 e. The summed E-state index contributed by atoms with van der Waals surface area (Å²) >= 11 is 0. The van der Waals surface area contributed by atoms with Gasteiger partial charge in [0.25, 0.3) is 11.8 Å². The molecule has 1 aliphatic heterocycles. The zero-order valence-electron chi connectivity index (χ0n) is 21.7. The Balaban J connectivity index is 1.66. The van der Waals surface area contributed by atoms with Crippen LogP contribution >= 0.6 is 0 Å². The summed E-state index contributed by atoms with van der Waals surface area (Å²) in [5.74, 6) is -1.14. The van der Waals surface area contributed by atoms with Gasteiger partial charge in [-0.15, -0.1) is 0 Å². The topological polar surface area (TPSA) is 88.2 Å². The van der Waals surface area contributed by atoms with Crippen LogP contribution in [0.5, 0.6) is 5.75 Å². The minimum atomic E-state index is -0.584. The highest BCUT2D eigenvalue weighted by molar-refractivity contribution is 6.00. The molecule has 0 bridgehead atoms. The number of benzene rings is 2. The molecule has 2 aromatic carbocycles. The van der Waals surface area contributed by atoms with Crippen LogP contribution in [0.1, 0.15) is 47.4 Å². The summed E-state index contributed by atoms with van der Waals surface area (Å²) < 4.78 is 26.3. The highest BCUT2D eigenvalue weighted by Gasteiger charge is 2.32. The maximum atomic E-state index is 14.5. The van der Waals surface area contributed by atoms with Crippen molar-refractivity contribution in [3.63, 3.8) is 0 Å². The smallest absolute Gasteiger partial charge is 0.257 e. The SMILES string of the molecule is CO[C@@H]1CN(C)C(=O)c2cc(NC(=O)C3CC3)ccc2OC[C@H](C)N(C(=O)c2ccccc2F)C[C@H]1C. The molecule has 0 saturated heterocycles. The Bertz CT molecular complexity index is 1170. The Morgan fingerprint density at radius 3 is 2.51 bits per heavy atom. The lowest BCUT2D eigenvalue weighted by Gasteiger charge is -2.36. The molecule has 1 saturated carbocycles. The number of amides is 3. The molecule has 1 fully saturated rings. The van der Waals surface area contributed by atoms with E-state index >= 15 is 0 Å². The summed E-state index contributed by atoms with van der Waals surface area (Å²) in [5, 5.41) is 2.88. The molecule has 9 heteroatoms. The molecule has 0 unspecified atom stereocenters. The number of nitrogens with zero attached hydrogens (tertiary/aromatic N) is 2. The van der Waals surface area contributed by atoms with Crippen molar-refractivity contribution < 1.29 is 28.2 Å². The molecular formula is C28H34FN3O5. The molecule has 37 heavy (non-hydrogen) atoms. The van der Waals surface area contributed by atoms with Gasteiger partial charge in [0, 0.05) is 44.8 Å². The minimum absolute atomic E-state index is 0.00801. The fraction of sp³-hybridized carbons (Fsp3) is 0.464. The Kier molecular flexibility index (Phi) is 8.12. The predicted molar refractivity (Wildman–Crippen MR) is 137 cm³/mol. The van der Waals surface area contributed by atoms with Crippen LogP contribution in [-0.4, -0.2) is 73.5 Å². The van der Waals surface area contributed by atoms with E-state index in [1.807, 2.05) is 13.8 Å². The van der Waals surface area contributed by atoms with Crippen LogP contribution in [0.15, 0.2) is 42.5 Å². The van der Waals surface area contributed by atoms with Gasteiger partial charge in [0.15, 0.2) is 0 Å². The Morgan fingerprint density at radius 2 is 1.84 bits per heavy atom. The molecule has 0 spiro atoms. The summed E-state index contributed by atoms with van der Waals surface area (Å²) in [5.41, 5.74) is 0.818. The number of carbonyl (C=O) groups is 3. The number of likely N-dealkylation sites (N-methyl/N-ethyl adjacent to an activating group) is 1. The lowest BCUT2D eigenvalue weighted by molar-refractivity contribution is -0.117. The molecule has 0 aromatic heterocycles. The van der Waals surface area contributed by atoms with Crippen molar-refractivity contribution in [1.82, 2.24) is 9.80 Å². The van der Waals surface area contributed by atoms with Crippen molar-refractivity contribution >= 4 is 23.4 Å². The molecule has 0 radical (unpaired) electrons. The van der Waals surface area contributed by atoms with Crippen molar-refractivity contribution in [2.24, 2.45) is 11.8 Å².